The lowest BCUT2D eigenvalue weighted by Crippen LogP contribution is -2.42. The Morgan fingerprint density at radius 3 is 2.79 bits per heavy atom. The van der Waals surface area contributed by atoms with Crippen molar-refractivity contribution in [3.63, 3.8) is 0 Å². The zero-order valence-corrected chi connectivity index (χ0v) is 12.0. The van der Waals surface area contributed by atoms with E-state index in [1.807, 2.05) is 18.2 Å². The number of para-hydroxylation sites is 1. The molecule has 0 aliphatic heterocycles. The summed E-state index contributed by atoms with van der Waals surface area (Å²) in [6, 6.07) is 8.00. The van der Waals surface area contributed by atoms with Crippen LogP contribution in [0.3, 0.4) is 0 Å². The van der Waals surface area contributed by atoms with Crippen molar-refractivity contribution in [3.05, 3.63) is 42.5 Å². The predicted octanol–water partition coefficient (Wildman–Crippen LogP) is 2.89. The lowest BCUT2D eigenvalue weighted by atomic mass is 9.94. The molecular weight excluding hydrogens is 238 g/mol. The van der Waals surface area contributed by atoms with Crippen molar-refractivity contribution in [3.8, 4) is 5.75 Å². The molecule has 0 bridgehead atoms. The minimum absolute atomic E-state index is 0.0414. The van der Waals surface area contributed by atoms with Crippen molar-refractivity contribution < 1.29 is 9.84 Å². The van der Waals surface area contributed by atoms with E-state index in [1.54, 1.807) is 6.08 Å². The largest absolute Gasteiger partial charge is 0.489 e. The molecule has 3 heteroatoms. The fourth-order valence-corrected chi connectivity index (χ4v) is 1.88. The fourth-order valence-electron chi connectivity index (χ4n) is 1.88. The molecule has 0 fully saturated rings. The maximum atomic E-state index is 9.13. The Balaban J connectivity index is 2.68. The summed E-state index contributed by atoms with van der Waals surface area (Å²) >= 11 is 0. The number of nitrogens with one attached hydrogen (secondary N) is 1. The van der Waals surface area contributed by atoms with E-state index in [4.69, 9.17) is 9.84 Å². The van der Waals surface area contributed by atoms with Gasteiger partial charge in [-0.1, -0.05) is 37.8 Å². The molecule has 2 N–H and O–H groups in total. The number of rotatable bonds is 9. The third kappa shape index (κ3) is 5.05. The second kappa shape index (κ2) is 7.97. The summed E-state index contributed by atoms with van der Waals surface area (Å²) in [5.74, 6) is 0.886. The predicted molar refractivity (Wildman–Crippen MR) is 79.4 cm³/mol. The van der Waals surface area contributed by atoms with Crippen molar-refractivity contribution >= 4 is 0 Å². The highest BCUT2D eigenvalue weighted by Crippen LogP contribution is 2.20. The molecule has 0 amide bonds. The molecule has 19 heavy (non-hydrogen) atoms. The molecule has 0 saturated heterocycles. The molecule has 0 heterocycles. The van der Waals surface area contributed by atoms with Crippen molar-refractivity contribution in [2.24, 2.45) is 0 Å². The molecule has 0 saturated carbocycles. The van der Waals surface area contributed by atoms with Gasteiger partial charge in [0, 0.05) is 24.3 Å². The van der Waals surface area contributed by atoms with Crippen molar-refractivity contribution in [2.75, 3.05) is 13.2 Å². The normalized spacial score (nSPS) is 13.8. The lowest BCUT2D eigenvalue weighted by molar-refractivity contribution is 0.214. The minimum atomic E-state index is -0.0414. The van der Waals surface area contributed by atoms with Crippen molar-refractivity contribution in [1.82, 2.24) is 5.32 Å². The summed E-state index contributed by atoms with van der Waals surface area (Å²) in [7, 11) is 0. The quantitative estimate of drug-likeness (QED) is 0.673. The van der Waals surface area contributed by atoms with E-state index in [2.05, 4.69) is 31.8 Å². The van der Waals surface area contributed by atoms with Crippen LogP contribution in [0.2, 0.25) is 0 Å². The summed E-state index contributed by atoms with van der Waals surface area (Å²) in [4.78, 5) is 0. The molecule has 0 radical (unpaired) electrons. The van der Waals surface area contributed by atoms with Crippen LogP contribution in [-0.4, -0.2) is 23.9 Å². The Bertz CT molecular complexity index is 392. The summed E-state index contributed by atoms with van der Waals surface area (Å²) < 4.78 is 5.64. The average molecular weight is 263 g/mol. The van der Waals surface area contributed by atoms with Gasteiger partial charge < -0.3 is 15.2 Å². The molecule has 0 aliphatic rings. The zero-order chi connectivity index (χ0) is 14.1. The van der Waals surface area contributed by atoms with E-state index in [9.17, 15) is 0 Å². The smallest absolute Gasteiger partial charge is 0.124 e. The minimum Gasteiger partial charge on any atom is -0.489 e. The van der Waals surface area contributed by atoms with Crippen LogP contribution in [0, 0.1) is 0 Å². The Kier molecular flexibility index (Phi) is 6.60. The first-order valence-electron chi connectivity index (χ1n) is 6.82. The molecule has 1 atom stereocenters. The average Bonchev–Trinajstić information content (AvgIpc) is 2.44. The molecule has 1 unspecified atom stereocenters. The van der Waals surface area contributed by atoms with E-state index in [0.29, 0.717) is 6.61 Å². The molecule has 1 aromatic carbocycles. The van der Waals surface area contributed by atoms with Gasteiger partial charge in [-0.05, 0) is 25.8 Å². The highest BCUT2D eigenvalue weighted by molar-refractivity contribution is 5.33. The summed E-state index contributed by atoms with van der Waals surface area (Å²) in [5, 5.41) is 12.6. The van der Waals surface area contributed by atoms with Crippen LogP contribution in [0.15, 0.2) is 36.9 Å². The van der Waals surface area contributed by atoms with Gasteiger partial charge in [-0.15, -0.1) is 0 Å². The van der Waals surface area contributed by atoms with Gasteiger partial charge >= 0.3 is 0 Å². The van der Waals surface area contributed by atoms with Crippen LogP contribution in [0.5, 0.6) is 5.75 Å². The molecule has 3 nitrogen and oxygen atoms in total. The van der Waals surface area contributed by atoms with Crippen molar-refractivity contribution in [1.29, 1.82) is 0 Å². The lowest BCUT2D eigenvalue weighted by Gasteiger charge is -2.29. The standard InChI is InChI=1S/C16H25NO2/c1-4-12-19-15-9-7-6-8-14(15)13-17-16(3,5-2)10-11-18/h4,6-9,17-18H,1,5,10-13H2,2-3H3. The number of hydrogen-bond donors (Lipinski definition) is 2. The maximum Gasteiger partial charge on any atom is 0.124 e. The number of benzene rings is 1. The molecule has 0 spiro atoms. The molecule has 106 valence electrons. The van der Waals surface area contributed by atoms with Crippen LogP contribution >= 0.6 is 0 Å². The van der Waals surface area contributed by atoms with Gasteiger partial charge in [0.05, 0.1) is 0 Å². The van der Waals surface area contributed by atoms with Crippen molar-refractivity contribution in [2.45, 2.75) is 38.8 Å². The number of aliphatic hydroxyl groups is 1. The van der Waals surface area contributed by atoms with E-state index in [-0.39, 0.29) is 12.1 Å². The molecule has 1 rings (SSSR count). The summed E-state index contributed by atoms with van der Waals surface area (Å²) in [5.41, 5.74) is 1.09. The first kappa shape index (κ1) is 15.7. The summed E-state index contributed by atoms with van der Waals surface area (Å²) in [6.45, 7) is 9.37. The van der Waals surface area contributed by atoms with Gasteiger partial charge in [-0.3, -0.25) is 0 Å². The van der Waals surface area contributed by atoms with Gasteiger partial charge in [-0.25, -0.2) is 0 Å². The topological polar surface area (TPSA) is 41.5 Å². The van der Waals surface area contributed by atoms with E-state index < -0.39 is 0 Å². The number of aliphatic hydroxyl groups excluding tert-OH is 1. The van der Waals surface area contributed by atoms with Gasteiger partial charge in [-0.2, -0.15) is 0 Å². The molecular formula is C16H25NO2. The summed E-state index contributed by atoms with van der Waals surface area (Å²) in [6.07, 6.45) is 3.47. The van der Waals surface area contributed by atoms with Gasteiger partial charge in [0.25, 0.3) is 0 Å². The fraction of sp³-hybridized carbons (Fsp3) is 0.500. The monoisotopic (exact) mass is 263 g/mol. The Morgan fingerprint density at radius 1 is 1.42 bits per heavy atom. The first-order chi connectivity index (χ1) is 9.15. The van der Waals surface area contributed by atoms with Gasteiger partial charge in [0.2, 0.25) is 0 Å². The van der Waals surface area contributed by atoms with Crippen LogP contribution < -0.4 is 10.1 Å². The molecule has 0 aromatic heterocycles. The highest BCUT2D eigenvalue weighted by Gasteiger charge is 2.20. The SMILES string of the molecule is C=CCOc1ccccc1CNC(C)(CC)CCO. The highest BCUT2D eigenvalue weighted by atomic mass is 16.5. The van der Waals surface area contributed by atoms with Crippen LogP contribution in [0.1, 0.15) is 32.3 Å². The Morgan fingerprint density at radius 2 is 2.16 bits per heavy atom. The van der Waals surface area contributed by atoms with E-state index in [0.717, 1.165) is 30.7 Å². The Hall–Kier alpha value is -1.32. The van der Waals surface area contributed by atoms with Crippen LogP contribution in [0.4, 0.5) is 0 Å². The van der Waals surface area contributed by atoms with Gasteiger partial charge in [0.15, 0.2) is 0 Å². The maximum absolute atomic E-state index is 9.13. The van der Waals surface area contributed by atoms with Crippen LogP contribution in [0.25, 0.3) is 0 Å². The number of ether oxygens (including phenoxy) is 1. The second-order valence-corrected chi connectivity index (χ2v) is 4.95. The molecule has 1 aromatic rings. The Labute approximate surface area is 116 Å². The van der Waals surface area contributed by atoms with Crippen LogP contribution in [-0.2, 0) is 6.54 Å². The second-order valence-electron chi connectivity index (χ2n) is 4.95. The third-order valence-corrected chi connectivity index (χ3v) is 3.48. The van der Waals surface area contributed by atoms with E-state index >= 15 is 0 Å². The van der Waals surface area contributed by atoms with E-state index in [1.165, 1.54) is 0 Å². The zero-order valence-electron chi connectivity index (χ0n) is 12.0. The first-order valence-corrected chi connectivity index (χ1v) is 6.82. The van der Waals surface area contributed by atoms with Gasteiger partial charge in [0.1, 0.15) is 12.4 Å². The third-order valence-electron chi connectivity index (χ3n) is 3.48. The number of hydrogen-bond acceptors (Lipinski definition) is 3. The molecule has 0 aliphatic carbocycles.